The van der Waals surface area contributed by atoms with Gasteiger partial charge in [0.15, 0.2) is 0 Å². The highest BCUT2D eigenvalue weighted by atomic mass is 32.1. The van der Waals surface area contributed by atoms with Gasteiger partial charge in [0.1, 0.15) is 22.2 Å². The standard InChI is InChI=1S/C18H14F2N2O3S/c1-24-12-8-6-11(7-9-12)17-22-14(10-26-17)16(23)21-13-4-2-3-5-15(13)25-18(19)20/h2-10,18H,1H3,(H,21,23). The van der Waals surface area contributed by atoms with Crippen molar-refractivity contribution in [3.05, 3.63) is 59.6 Å². The second-order valence-electron chi connectivity index (χ2n) is 5.10. The number of thiazole rings is 1. The average molecular weight is 376 g/mol. The highest BCUT2D eigenvalue weighted by molar-refractivity contribution is 7.13. The van der Waals surface area contributed by atoms with Gasteiger partial charge in [0, 0.05) is 10.9 Å². The second-order valence-corrected chi connectivity index (χ2v) is 5.95. The number of amides is 1. The lowest BCUT2D eigenvalue weighted by Gasteiger charge is -2.10. The molecule has 0 bridgehead atoms. The van der Waals surface area contributed by atoms with E-state index in [1.54, 1.807) is 30.7 Å². The van der Waals surface area contributed by atoms with Crippen LogP contribution in [0.1, 0.15) is 10.5 Å². The number of rotatable bonds is 6. The van der Waals surface area contributed by atoms with E-state index in [0.29, 0.717) is 5.01 Å². The topological polar surface area (TPSA) is 60.5 Å². The number of ether oxygens (including phenoxy) is 2. The van der Waals surface area contributed by atoms with Crippen molar-refractivity contribution in [3.63, 3.8) is 0 Å². The first-order valence-corrected chi connectivity index (χ1v) is 8.40. The summed E-state index contributed by atoms with van der Waals surface area (Å²) in [5.74, 6) is 0.103. The smallest absolute Gasteiger partial charge is 0.387 e. The van der Waals surface area contributed by atoms with Crippen LogP contribution in [0.15, 0.2) is 53.9 Å². The number of nitrogens with one attached hydrogen (secondary N) is 1. The van der Waals surface area contributed by atoms with Gasteiger partial charge in [-0.1, -0.05) is 12.1 Å². The molecule has 1 heterocycles. The lowest BCUT2D eigenvalue weighted by atomic mass is 10.2. The molecule has 3 aromatic rings. The Bertz CT molecular complexity index is 897. The molecule has 0 saturated carbocycles. The summed E-state index contributed by atoms with van der Waals surface area (Å²) in [7, 11) is 1.58. The molecule has 0 aliphatic rings. The van der Waals surface area contributed by atoms with E-state index in [1.807, 2.05) is 12.1 Å². The third-order valence-corrected chi connectivity index (χ3v) is 4.32. The van der Waals surface area contributed by atoms with E-state index in [4.69, 9.17) is 4.74 Å². The fourth-order valence-corrected chi connectivity index (χ4v) is 3.01. The highest BCUT2D eigenvalue weighted by Crippen LogP contribution is 2.28. The van der Waals surface area contributed by atoms with Crippen LogP contribution in [0.4, 0.5) is 14.5 Å². The highest BCUT2D eigenvalue weighted by Gasteiger charge is 2.15. The molecule has 1 N–H and O–H groups in total. The molecule has 2 aromatic carbocycles. The SMILES string of the molecule is COc1ccc(-c2nc(C(=O)Nc3ccccc3OC(F)F)cs2)cc1. The first kappa shape index (κ1) is 17.8. The van der Waals surface area contributed by atoms with Gasteiger partial charge in [0.25, 0.3) is 5.91 Å². The fourth-order valence-electron chi connectivity index (χ4n) is 2.20. The van der Waals surface area contributed by atoms with Gasteiger partial charge in [-0.2, -0.15) is 8.78 Å². The van der Waals surface area contributed by atoms with Gasteiger partial charge in [-0.25, -0.2) is 4.98 Å². The Morgan fingerprint density at radius 3 is 2.58 bits per heavy atom. The van der Waals surface area contributed by atoms with Crippen LogP contribution in [0.5, 0.6) is 11.5 Å². The summed E-state index contributed by atoms with van der Waals surface area (Å²) < 4.78 is 34.4. The Balaban J connectivity index is 1.76. The number of carbonyl (C=O) groups excluding carboxylic acids is 1. The van der Waals surface area contributed by atoms with Gasteiger partial charge in [0.2, 0.25) is 0 Å². The van der Waals surface area contributed by atoms with E-state index in [0.717, 1.165) is 11.3 Å². The minimum absolute atomic E-state index is 0.110. The molecule has 5 nitrogen and oxygen atoms in total. The maximum atomic E-state index is 12.5. The molecule has 0 unspecified atom stereocenters. The Morgan fingerprint density at radius 2 is 1.88 bits per heavy atom. The van der Waals surface area contributed by atoms with Crippen LogP contribution in [-0.4, -0.2) is 24.6 Å². The Morgan fingerprint density at radius 1 is 1.15 bits per heavy atom. The van der Waals surface area contributed by atoms with Crippen LogP contribution in [0.25, 0.3) is 10.6 Å². The maximum absolute atomic E-state index is 12.5. The average Bonchev–Trinajstić information content (AvgIpc) is 3.13. The molecule has 0 atom stereocenters. The second kappa shape index (κ2) is 7.92. The van der Waals surface area contributed by atoms with Crippen molar-refractivity contribution >= 4 is 22.9 Å². The predicted molar refractivity (Wildman–Crippen MR) is 95.1 cm³/mol. The van der Waals surface area contributed by atoms with Crippen molar-refractivity contribution < 1.29 is 23.0 Å². The van der Waals surface area contributed by atoms with Gasteiger partial charge >= 0.3 is 6.61 Å². The summed E-state index contributed by atoms with van der Waals surface area (Å²) in [6, 6.07) is 13.3. The van der Waals surface area contributed by atoms with E-state index < -0.39 is 12.5 Å². The number of benzene rings is 2. The summed E-state index contributed by atoms with van der Waals surface area (Å²) in [6.45, 7) is -2.98. The molecule has 0 saturated heterocycles. The number of carbonyl (C=O) groups is 1. The Labute approximate surface area is 152 Å². The van der Waals surface area contributed by atoms with E-state index in [9.17, 15) is 13.6 Å². The van der Waals surface area contributed by atoms with Crippen LogP contribution < -0.4 is 14.8 Å². The fraction of sp³-hybridized carbons (Fsp3) is 0.111. The zero-order valence-corrected chi connectivity index (χ0v) is 14.4. The number of aromatic nitrogens is 1. The van der Waals surface area contributed by atoms with Gasteiger partial charge in [-0.15, -0.1) is 11.3 Å². The first-order valence-electron chi connectivity index (χ1n) is 7.52. The summed E-state index contributed by atoms with van der Waals surface area (Å²) in [4.78, 5) is 16.7. The van der Waals surface area contributed by atoms with Gasteiger partial charge < -0.3 is 14.8 Å². The van der Waals surface area contributed by atoms with E-state index >= 15 is 0 Å². The minimum atomic E-state index is -2.98. The van der Waals surface area contributed by atoms with Crippen molar-refractivity contribution in [1.29, 1.82) is 0 Å². The molecule has 134 valence electrons. The minimum Gasteiger partial charge on any atom is -0.497 e. The number of halogens is 2. The van der Waals surface area contributed by atoms with E-state index in [2.05, 4.69) is 15.0 Å². The molecule has 0 radical (unpaired) electrons. The van der Waals surface area contributed by atoms with Crippen LogP contribution in [-0.2, 0) is 0 Å². The summed E-state index contributed by atoms with van der Waals surface area (Å²) in [6.07, 6.45) is 0. The van der Waals surface area contributed by atoms with Crippen molar-refractivity contribution in [2.24, 2.45) is 0 Å². The first-order chi connectivity index (χ1) is 12.6. The zero-order chi connectivity index (χ0) is 18.5. The molecular formula is C18H14F2N2O3S. The number of anilines is 1. The molecule has 0 aliphatic heterocycles. The maximum Gasteiger partial charge on any atom is 0.387 e. The van der Waals surface area contributed by atoms with E-state index in [1.165, 1.54) is 29.5 Å². The quantitative estimate of drug-likeness (QED) is 0.679. The Kier molecular flexibility index (Phi) is 5.43. The molecule has 0 aliphatic carbocycles. The molecule has 0 spiro atoms. The van der Waals surface area contributed by atoms with Crippen molar-refractivity contribution in [3.8, 4) is 22.1 Å². The van der Waals surface area contributed by atoms with Gasteiger partial charge in [-0.05, 0) is 36.4 Å². The molecular weight excluding hydrogens is 362 g/mol. The third-order valence-electron chi connectivity index (χ3n) is 3.43. The predicted octanol–water partition coefficient (Wildman–Crippen LogP) is 4.67. The third kappa shape index (κ3) is 4.15. The van der Waals surface area contributed by atoms with Crippen molar-refractivity contribution in [1.82, 2.24) is 4.98 Å². The zero-order valence-electron chi connectivity index (χ0n) is 13.6. The summed E-state index contributed by atoms with van der Waals surface area (Å²) >= 11 is 1.31. The molecule has 1 aromatic heterocycles. The van der Waals surface area contributed by atoms with Crippen molar-refractivity contribution in [2.45, 2.75) is 6.61 Å². The normalized spacial score (nSPS) is 10.6. The number of methoxy groups -OCH3 is 1. The van der Waals surface area contributed by atoms with E-state index in [-0.39, 0.29) is 17.1 Å². The summed E-state index contributed by atoms with van der Waals surface area (Å²) in [5.41, 5.74) is 1.18. The molecule has 26 heavy (non-hydrogen) atoms. The Hall–Kier alpha value is -3.00. The van der Waals surface area contributed by atoms with Gasteiger partial charge in [-0.3, -0.25) is 4.79 Å². The number of hydrogen-bond donors (Lipinski definition) is 1. The van der Waals surface area contributed by atoms with Crippen LogP contribution in [0, 0.1) is 0 Å². The number of alkyl halides is 2. The largest absolute Gasteiger partial charge is 0.497 e. The lowest BCUT2D eigenvalue weighted by Crippen LogP contribution is -2.14. The lowest BCUT2D eigenvalue weighted by molar-refractivity contribution is -0.0493. The molecule has 8 heteroatoms. The monoisotopic (exact) mass is 376 g/mol. The molecule has 0 fully saturated rings. The van der Waals surface area contributed by atoms with Crippen LogP contribution in [0.2, 0.25) is 0 Å². The van der Waals surface area contributed by atoms with Gasteiger partial charge in [0.05, 0.1) is 12.8 Å². The molecule has 1 amide bonds. The number of para-hydroxylation sites is 2. The van der Waals surface area contributed by atoms with Crippen LogP contribution >= 0.6 is 11.3 Å². The van der Waals surface area contributed by atoms with Crippen LogP contribution in [0.3, 0.4) is 0 Å². The van der Waals surface area contributed by atoms with Crippen molar-refractivity contribution in [2.75, 3.05) is 12.4 Å². The summed E-state index contributed by atoms with van der Waals surface area (Å²) in [5, 5.41) is 4.81. The number of nitrogens with zero attached hydrogens (tertiary/aromatic N) is 1. The number of hydrogen-bond acceptors (Lipinski definition) is 5. The molecule has 3 rings (SSSR count).